The molecule has 0 heterocycles. The number of halogens is 2. The van der Waals surface area contributed by atoms with Crippen molar-refractivity contribution in [3.05, 3.63) is 131 Å². The molecule has 0 aliphatic carbocycles. The summed E-state index contributed by atoms with van der Waals surface area (Å²) >= 11 is 0. The smallest absolute Gasteiger partial charge is 0.311 e. The van der Waals surface area contributed by atoms with Crippen LogP contribution in [0.15, 0.2) is 103 Å². The van der Waals surface area contributed by atoms with Crippen LogP contribution in [0.3, 0.4) is 0 Å². The molecule has 206 valence electrons. The first kappa shape index (κ1) is 28.5. The van der Waals surface area contributed by atoms with Crippen LogP contribution in [0.2, 0.25) is 0 Å². The van der Waals surface area contributed by atoms with Crippen molar-refractivity contribution in [2.45, 2.75) is 32.4 Å². The van der Waals surface area contributed by atoms with Crippen molar-refractivity contribution in [1.29, 1.82) is 0 Å². The zero-order chi connectivity index (χ0) is 28.3. The van der Waals surface area contributed by atoms with Gasteiger partial charge < -0.3 is 14.8 Å². The Kier molecular flexibility index (Phi) is 9.99. The van der Waals surface area contributed by atoms with Gasteiger partial charge >= 0.3 is 5.97 Å². The topological polar surface area (TPSA) is 64.6 Å². The molecule has 0 radical (unpaired) electrons. The Bertz CT molecular complexity index is 1380. The van der Waals surface area contributed by atoms with E-state index in [1.807, 2.05) is 54.6 Å². The van der Waals surface area contributed by atoms with E-state index in [1.165, 1.54) is 36.4 Å². The molecule has 0 fully saturated rings. The second-order valence-electron chi connectivity index (χ2n) is 9.30. The highest BCUT2D eigenvalue weighted by atomic mass is 19.1. The molecule has 0 amide bonds. The third-order valence-electron chi connectivity index (χ3n) is 6.49. The lowest BCUT2D eigenvalue weighted by Crippen LogP contribution is -2.30. The number of Topliss-reactive ketones (excluding diaryl/α,β-unsaturated/α-hetero) is 1. The number of carbonyl (C=O) groups is 2. The summed E-state index contributed by atoms with van der Waals surface area (Å²) in [6, 6.07) is 27.7. The number of anilines is 1. The van der Waals surface area contributed by atoms with Crippen LogP contribution in [0.5, 0.6) is 5.75 Å². The van der Waals surface area contributed by atoms with Crippen molar-refractivity contribution in [2.75, 3.05) is 11.9 Å². The molecule has 0 spiro atoms. The van der Waals surface area contributed by atoms with E-state index in [4.69, 9.17) is 9.47 Å². The Hall–Kier alpha value is -4.52. The molecular weight excluding hydrogens is 512 g/mol. The average Bonchev–Trinajstić information content (AvgIpc) is 2.98. The predicted molar refractivity (Wildman–Crippen MR) is 150 cm³/mol. The van der Waals surface area contributed by atoms with Gasteiger partial charge in [0.1, 0.15) is 24.0 Å². The number of carbonyl (C=O) groups excluding carboxylic acids is 2. The molecule has 7 heteroatoms. The third-order valence-corrected chi connectivity index (χ3v) is 6.49. The van der Waals surface area contributed by atoms with E-state index in [0.717, 1.165) is 11.1 Å². The van der Waals surface area contributed by atoms with Gasteiger partial charge in [-0.25, -0.2) is 8.78 Å². The summed E-state index contributed by atoms with van der Waals surface area (Å²) in [5.74, 6) is -1.56. The predicted octanol–water partition coefficient (Wildman–Crippen LogP) is 7.54. The second-order valence-corrected chi connectivity index (χ2v) is 9.30. The van der Waals surface area contributed by atoms with Gasteiger partial charge in [-0.3, -0.25) is 9.59 Å². The largest absolute Gasteiger partial charge is 0.489 e. The van der Waals surface area contributed by atoms with Crippen LogP contribution in [0, 0.1) is 17.6 Å². The zero-order valence-electron chi connectivity index (χ0n) is 22.2. The van der Waals surface area contributed by atoms with Crippen LogP contribution in [-0.4, -0.2) is 18.4 Å². The molecule has 0 saturated carbocycles. The minimum absolute atomic E-state index is 0.0506. The molecule has 0 saturated heterocycles. The van der Waals surface area contributed by atoms with E-state index in [2.05, 4.69) is 5.32 Å². The monoisotopic (exact) mass is 543 g/mol. The molecule has 4 aromatic rings. The molecule has 5 nitrogen and oxygen atoms in total. The van der Waals surface area contributed by atoms with Gasteiger partial charge in [-0.15, -0.1) is 0 Å². The molecule has 4 aromatic carbocycles. The first-order chi connectivity index (χ1) is 19.4. The minimum atomic E-state index is -0.745. The van der Waals surface area contributed by atoms with Crippen molar-refractivity contribution >= 4 is 17.4 Å². The number of nitrogens with one attached hydrogen (secondary N) is 1. The fourth-order valence-electron chi connectivity index (χ4n) is 4.39. The molecule has 0 bridgehead atoms. The Morgan fingerprint density at radius 2 is 1.43 bits per heavy atom. The first-order valence-electron chi connectivity index (χ1n) is 13.2. The van der Waals surface area contributed by atoms with E-state index in [0.29, 0.717) is 23.6 Å². The summed E-state index contributed by atoms with van der Waals surface area (Å²) in [5.41, 5.74) is 2.78. The molecule has 1 N–H and O–H groups in total. The SMILES string of the molecule is CCOC(=O)C(CCC(=O)c1ccc(F)cc1)[C@H](Nc1ccc(F)cc1)c1ccc(OCc2ccccc2)cc1. The van der Waals surface area contributed by atoms with Crippen molar-refractivity contribution in [3.63, 3.8) is 0 Å². The average molecular weight is 544 g/mol. The van der Waals surface area contributed by atoms with E-state index in [-0.39, 0.29) is 31.0 Å². The van der Waals surface area contributed by atoms with E-state index >= 15 is 0 Å². The maximum atomic E-state index is 13.6. The molecule has 1 unspecified atom stereocenters. The van der Waals surface area contributed by atoms with Gasteiger partial charge in [-0.1, -0.05) is 42.5 Å². The van der Waals surface area contributed by atoms with Crippen molar-refractivity contribution < 1.29 is 27.8 Å². The molecular formula is C33H31F2NO4. The van der Waals surface area contributed by atoms with Crippen LogP contribution in [0.1, 0.15) is 47.3 Å². The summed E-state index contributed by atoms with van der Waals surface area (Å²) < 4.78 is 38.2. The number of rotatable bonds is 13. The van der Waals surface area contributed by atoms with Crippen LogP contribution in [-0.2, 0) is 16.1 Å². The van der Waals surface area contributed by atoms with Crippen molar-refractivity contribution in [3.8, 4) is 5.75 Å². The molecule has 0 aliphatic rings. The van der Waals surface area contributed by atoms with E-state index in [9.17, 15) is 18.4 Å². The van der Waals surface area contributed by atoms with Gasteiger partial charge in [-0.2, -0.15) is 0 Å². The highest BCUT2D eigenvalue weighted by Crippen LogP contribution is 2.33. The lowest BCUT2D eigenvalue weighted by molar-refractivity contribution is -0.148. The van der Waals surface area contributed by atoms with Gasteiger partial charge in [-0.05, 0) is 85.1 Å². The van der Waals surface area contributed by atoms with Crippen molar-refractivity contribution in [1.82, 2.24) is 0 Å². The minimum Gasteiger partial charge on any atom is -0.489 e. The van der Waals surface area contributed by atoms with Gasteiger partial charge in [0.25, 0.3) is 0 Å². The molecule has 40 heavy (non-hydrogen) atoms. The lowest BCUT2D eigenvalue weighted by atomic mass is 9.87. The van der Waals surface area contributed by atoms with Gasteiger partial charge in [0, 0.05) is 17.7 Å². The van der Waals surface area contributed by atoms with Gasteiger partial charge in [0.05, 0.1) is 18.6 Å². The summed E-state index contributed by atoms with van der Waals surface area (Å²) in [6.07, 6.45) is 0.231. The Morgan fingerprint density at radius 3 is 2.05 bits per heavy atom. The first-order valence-corrected chi connectivity index (χ1v) is 13.2. The molecule has 0 aliphatic heterocycles. The second kappa shape index (κ2) is 14.0. The number of ether oxygens (including phenoxy) is 2. The number of ketones is 1. The van der Waals surface area contributed by atoms with Crippen LogP contribution in [0.4, 0.5) is 14.5 Å². The zero-order valence-corrected chi connectivity index (χ0v) is 22.2. The Balaban J connectivity index is 1.58. The maximum absolute atomic E-state index is 13.6. The number of hydrogen-bond acceptors (Lipinski definition) is 5. The summed E-state index contributed by atoms with van der Waals surface area (Å²) in [4.78, 5) is 26.1. The Morgan fingerprint density at radius 1 is 0.800 bits per heavy atom. The van der Waals surface area contributed by atoms with E-state index in [1.54, 1.807) is 19.1 Å². The summed E-state index contributed by atoms with van der Waals surface area (Å²) in [5, 5.41) is 3.34. The highest BCUT2D eigenvalue weighted by molar-refractivity contribution is 5.96. The third kappa shape index (κ3) is 7.99. The van der Waals surface area contributed by atoms with Crippen LogP contribution < -0.4 is 10.1 Å². The number of benzene rings is 4. The number of esters is 1. The fourth-order valence-corrected chi connectivity index (χ4v) is 4.39. The summed E-state index contributed by atoms with van der Waals surface area (Å²) in [6.45, 7) is 2.31. The highest BCUT2D eigenvalue weighted by Gasteiger charge is 2.32. The Labute approximate surface area is 232 Å². The molecule has 0 aromatic heterocycles. The molecule has 2 atom stereocenters. The molecule has 4 rings (SSSR count). The van der Waals surface area contributed by atoms with E-state index < -0.39 is 23.7 Å². The maximum Gasteiger partial charge on any atom is 0.311 e. The number of hydrogen-bond donors (Lipinski definition) is 1. The standard InChI is InChI=1S/C33H31F2NO4/c1-2-39-33(38)30(20-21-31(37)24-8-12-26(34)13-9-24)32(36-28-16-14-27(35)15-17-28)25-10-18-29(19-11-25)40-22-23-6-4-3-5-7-23/h3-19,30,32,36H,2,20-22H2,1H3/t30?,32-/m1/s1. The normalized spacial score (nSPS) is 12.3. The lowest BCUT2D eigenvalue weighted by Gasteiger charge is -2.28. The van der Waals surface area contributed by atoms with Crippen molar-refractivity contribution in [2.24, 2.45) is 5.92 Å². The summed E-state index contributed by atoms with van der Waals surface area (Å²) in [7, 11) is 0. The quantitative estimate of drug-likeness (QED) is 0.139. The van der Waals surface area contributed by atoms with Gasteiger partial charge in [0.15, 0.2) is 5.78 Å². The van der Waals surface area contributed by atoms with Crippen LogP contribution in [0.25, 0.3) is 0 Å². The fraction of sp³-hybridized carbons (Fsp3) is 0.212. The van der Waals surface area contributed by atoms with Crippen LogP contribution >= 0.6 is 0 Å². The van der Waals surface area contributed by atoms with Gasteiger partial charge in [0.2, 0.25) is 0 Å².